The summed E-state index contributed by atoms with van der Waals surface area (Å²) in [6, 6.07) is 10.7. The van der Waals surface area contributed by atoms with E-state index in [1.54, 1.807) is 0 Å². The molecular weight excluding hydrogens is 244 g/mol. The first kappa shape index (κ1) is 13.5. The van der Waals surface area contributed by atoms with Gasteiger partial charge in [-0.2, -0.15) is 0 Å². The summed E-state index contributed by atoms with van der Waals surface area (Å²) in [5.41, 5.74) is 7.03. The van der Waals surface area contributed by atoms with Crippen molar-refractivity contribution in [3.8, 4) is 0 Å². The predicted octanol–water partition coefficient (Wildman–Crippen LogP) is 2.13. The van der Waals surface area contributed by atoms with Crippen LogP contribution in [0.15, 0.2) is 30.3 Å². The Bertz CT molecular complexity index is 375. The van der Waals surface area contributed by atoms with E-state index in [1.165, 1.54) is 5.56 Å². The molecule has 1 aliphatic heterocycles. The van der Waals surface area contributed by atoms with Crippen molar-refractivity contribution in [3.63, 3.8) is 0 Å². The number of rotatable bonds is 4. The first-order chi connectivity index (χ1) is 8.77. The summed E-state index contributed by atoms with van der Waals surface area (Å²) in [6.45, 7) is 3.64. The summed E-state index contributed by atoms with van der Waals surface area (Å²) in [5, 5.41) is 0. The van der Waals surface area contributed by atoms with Crippen LogP contribution in [0, 0.1) is 0 Å². The Kier molecular flexibility index (Phi) is 5.11. The van der Waals surface area contributed by atoms with Crippen LogP contribution < -0.4 is 5.73 Å². The molecule has 1 atom stereocenters. The number of hydrogen-bond donors (Lipinski definition) is 1. The minimum Gasteiger partial charge on any atom is -0.393 e. The third-order valence-electron chi connectivity index (χ3n) is 3.28. The van der Waals surface area contributed by atoms with Crippen molar-refractivity contribution >= 4 is 17.2 Å². The zero-order chi connectivity index (χ0) is 12.8. The highest BCUT2D eigenvalue weighted by atomic mass is 32.1. The fourth-order valence-electron chi connectivity index (χ4n) is 2.40. The summed E-state index contributed by atoms with van der Waals surface area (Å²) in [4.78, 5) is 3.01. The molecular formula is C14H20N2OS. The topological polar surface area (TPSA) is 38.5 Å². The van der Waals surface area contributed by atoms with Gasteiger partial charge in [-0.15, -0.1) is 0 Å². The van der Waals surface area contributed by atoms with Crippen LogP contribution in [0.5, 0.6) is 0 Å². The molecule has 1 saturated heterocycles. The first-order valence-electron chi connectivity index (χ1n) is 6.42. The molecule has 1 heterocycles. The third-order valence-corrected chi connectivity index (χ3v) is 3.44. The normalized spacial score (nSPS) is 19.1. The molecule has 2 rings (SSSR count). The van der Waals surface area contributed by atoms with Gasteiger partial charge in [-0.3, -0.25) is 4.90 Å². The fraction of sp³-hybridized carbons (Fsp3) is 0.500. The van der Waals surface area contributed by atoms with E-state index >= 15 is 0 Å². The van der Waals surface area contributed by atoms with Gasteiger partial charge in [0, 0.05) is 32.2 Å². The van der Waals surface area contributed by atoms with Crippen molar-refractivity contribution in [2.24, 2.45) is 5.73 Å². The SMILES string of the molecule is NC(=S)CC(c1ccccc1)N1CCCOCC1. The summed E-state index contributed by atoms with van der Waals surface area (Å²) in [5.74, 6) is 0. The van der Waals surface area contributed by atoms with Gasteiger partial charge >= 0.3 is 0 Å². The van der Waals surface area contributed by atoms with Crippen LogP contribution in [-0.2, 0) is 4.74 Å². The van der Waals surface area contributed by atoms with Gasteiger partial charge in [0.2, 0.25) is 0 Å². The van der Waals surface area contributed by atoms with Gasteiger partial charge < -0.3 is 10.5 Å². The Morgan fingerprint density at radius 3 is 2.78 bits per heavy atom. The molecule has 1 aromatic carbocycles. The second-order valence-electron chi connectivity index (χ2n) is 4.60. The third kappa shape index (κ3) is 3.77. The van der Waals surface area contributed by atoms with Gasteiger partial charge in [0.15, 0.2) is 0 Å². The van der Waals surface area contributed by atoms with Crippen molar-refractivity contribution < 1.29 is 4.74 Å². The smallest absolute Gasteiger partial charge is 0.0746 e. The van der Waals surface area contributed by atoms with Gasteiger partial charge in [0.1, 0.15) is 0 Å². The highest BCUT2D eigenvalue weighted by Gasteiger charge is 2.22. The molecule has 0 bridgehead atoms. The van der Waals surface area contributed by atoms with E-state index in [0.717, 1.165) is 39.1 Å². The van der Waals surface area contributed by atoms with Gasteiger partial charge in [-0.1, -0.05) is 42.5 Å². The number of hydrogen-bond acceptors (Lipinski definition) is 3. The average Bonchev–Trinajstić information content (AvgIpc) is 2.65. The van der Waals surface area contributed by atoms with E-state index in [1.807, 2.05) is 6.07 Å². The van der Waals surface area contributed by atoms with Crippen LogP contribution in [0.1, 0.15) is 24.4 Å². The molecule has 18 heavy (non-hydrogen) atoms. The molecule has 1 fully saturated rings. The van der Waals surface area contributed by atoms with Gasteiger partial charge in [0.05, 0.1) is 11.6 Å². The second-order valence-corrected chi connectivity index (χ2v) is 5.12. The lowest BCUT2D eigenvalue weighted by molar-refractivity contribution is 0.132. The van der Waals surface area contributed by atoms with Crippen LogP contribution in [-0.4, -0.2) is 36.2 Å². The molecule has 1 aromatic rings. The van der Waals surface area contributed by atoms with Gasteiger partial charge in [-0.25, -0.2) is 0 Å². The molecule has 0 amide bonds. The lowest BCUT2D eigenvalue weighted by atomic mass is 10.0. The van der Waals surface area contributed by atoms with Crippen LogP contribution in [0.25, 0.3) is 0 Å². The first-order valence-corrected chi connectivity index (χ1v) is 6.83. The molecule has 1 unspecified atom stereocenters. The fourth-order valence-corrected chi connectivity index (χ4v) is 2.56. The minimum atomic E-state index is 0.283. The standard InChI is InChI=1S/C14H20N2OS/c15-14(18)11-13(12-5-2-1-3-6-12)16-7-4-9-17-10-8-16/h1-3,5-6,13H,4,7-11H2,(H2,15,18). The maximum atomic E-state index is 5.75. The monoisotopic (exact) mass is 264 g/mol. The molecule has 0 aromatic heterocycles. The van der Waals surface area contributed by atoms with Crippen LogP contribution >= 0.6 is 12.2 Å². The second kappa shape index (κ2) is 6.83. The van der Waals surface area contributed by atoms with Crippen molar-refractivity contribution in [1.29, 1.82) is 0 Å². The van der Waals surface area contributed by atoms with Crippen LogP contribution in [0.4, 0.5) is 0 Å². The van der Waals surface area contributed by atoms with Crippen molar-refractivity contribution in [2.45, 2.75) is 18.9 Å². The number of ether oxygens (including phenoxy) is 1. The molecule has 2 N–H and O–H groups in total. The van der Waals surface area contributed by atoms with Gasteiger partial charge in [0.25, 0.3) is 0 Å². The molecule has 0 spiro atoms. The maximum absolute atomic E-state index is 5.75. The van der Waals surface area contributed by atoms with Crippen LogP contribution in [0.3, 0.4) is 0 Å². The summed E-state index contributed by atoms with van der Waals surface area (Å²) in [7, 11) is 0. The zero-order valence-electron chi connectivity index (χ0n) is 10.5. The van der Waals surface area contributed by atoms with E-state index in [9.17, 15) is 0 Å². The largest absolute Gasteiger partial charge is 0.393 e. The van der Waals surface area contributed by atoms with Crippen molar-refractivity contribution in [2.75, 3.05) is 26.3 Å². The van der Waals surface area contributed by atoms with Gasteiger partial charge in [-0.05, 0) is 12.0 Å². The van der Waals surface area contributed by atoms with E-state index < -0.39 is 0 Å². The summed E-state index contributed by atoms with van der Waals surface area (Å²) < 4.78 is 5.51. The lowest BCUT2D eigenvalue weighted by Crippen LogP contribution is -2.33. The van der Waals surface area contributed by atoms with E-state index in [4.69, 9.17) is 22.7 Å². The number of nitrogens with two attached hydrogens (primary N) is 1. The highest BCUT2D eigenvalue weighted by Crippen LogP contribution is 2.25. The summed E-state index contributed by atoms with van der Waals surface area (Å²) in [6.07, 6.45) is 1.81. The number of nitrogens with zero attached hydrogens (tertiary/aromatic N) is 1. The van der Waals surface area contributed by atoms with E-state index in [-0.39, 0.29) is 6.04 Å². The van der Waals surface area contributed by atoms with Crippen molar-refractivity contribution in [3.05, 3.63) is 35.9 Å². The molecule has 98 valence electrons. The maximum Gasteiger partial charge on any atom is 0.0746 e. The van der Waals surface area contributed by atoms with E-state index in [2.05, 4.69) is 29.2 Å². The van der Waals surface area contributed by atoms with Crippen molar-refractivity contribution in [1.82, 2.24) is 4.90 Å². The Morgan fingerprint density at radius 2 is 2.06 bits per heavy atom. The molecule has 0 radical (unpaired) electrons. The number of benzene rings is 1. The quantitative estimate of drug-likeness (QED) is 0.846. The Hall–Kier alpha value is -0.970. The average molecular weight is 264 g/mol. The molecule has 0 saturated carbocycles. The minimum absolute atomic E-state index is 0.283. The Labute approximate surface area is 114 Å². The molecule has 4 heteroatoms. The predicted molar refractivity (Wildman–Crippen MR) is 77.6 cm³/mol. The zero-order valence-corrected chi connectivity index (χ0v) is 11.4. The van der Waals surface area contributed by atoms with E-state index in [0.29, 0.717) is 4.99 Å². The lowest BCUT2D eigenvalue weighted by Gasteiger charge is -2.30. The molecule has 0 aliphatic carbocycles. The highest BCUT2D eigenvalue weighted by molar-refractivity contribution is 7.80. The molecule has 3 nitrogen and oxygen atoms in total. The number of thiocarbonyl (C=S) groups is 1. The van der Waals surface area contributed by atoms with Crippen LogP contribution in [0.2, 0.25) is 0 Å². The Balaban J connectivity index is 2.15. The summed E-state index contributed by atoms with van der Waals surface area (Å²) >= 11 is 5.09. The molecule has 1 aliphatic rings. The Morgan fingerprint density at radius 1 is 1.28 bits per heavy atom.